The lowest BCUT2D eigenvalue weighted by Crippen LogP contribution is -2.15. The van der Waals surface area contributed by atoms with Crippen LogP contribution < -0.4 is 5.32 Å². The van der Waals surface area contributed by atoms with E-state index in [2.05, 4.69) is 26.0 Å². The molecule has 0 aliphatic rings. The summed E-state index contributed by atoms with van der Waals surface area (Å²) in [7, 11) is 1.06. The minimum atomic E-state index is -4.65. The maximum atomic E-state index is 12.9. The molecule has 2 rings (SSSR count). The van der Waals surface area contributed by atoms with Crippen molar-refractivity contribution in [1.82, 2.24) is 0 Å². The third-order valence-electron chi connectivity index (χ3n) is 3.34. The first kappa shape index (κ1) is 20.4. The average Bonchev–Trinajstić information content (AvgIpc) is 2.61. The van der Waals surface area contributed by atoms with Crippen LogP contribution in [0.2, 0.25) is 0 Å². The number of nitrogens with one attached hydrogen (secondary N) is 1. The molecule has 0 radical (unpaired) electrons. The molecule has 142 valence electrons. The van der Waals surface area contributed by atoms with Crippen LogP contribution in [0.5, 0.6) is 0 Å². The van der Waals surface area contributed by atoms with Crippen molar-refractivity contribution >= 4 is 39.2 Å². The second-order valence-electron chi connectivity index (χ2n) is 5.16. The lowest BCUT2D eigenvalue weighted by atomic mass is 10.1. The van der Waals surface area contributed by atoms with E-state index in [4.69, 9.17) is 0 Å². The number of benzene rings is 2. The van der Waals surface area contributed by atoms with Gasteiger partial charge in [0.2, 0.25) is 0 Å². The number of hydrogen-bond acceptors (Lipinski definition) is 5. The van der Waals surface area contributed by atoms with Crippen LogP contribution in [0.25, 0.3) is 0 Å². The Kier molecular flexibility index (Phi) is 5.84. The van der Waals surface area contributed by atoms with Gasteiger partial charge in [-0.15, -0.1) is 0 Å². The van der Waals surface area contributed by atoms with E-state index in [1.807, 2.05) is 0 Å². The number of amides is 1. The molecule has 0 spiro atoms. The van der Waals surface area contributed by atoms with Gasteiger partial charge in [0.15, 0.2) is 0 Å². The molecule has 2 aromatic rings. The summed E-state index contributed by atoms with van der Waals surface area (Å²) < 4.78 is 43.1. The molecule has 0 saturated carbocycles. The summed E-state index contributed by atoms with van der Waals surface area (Å²) in [5.74, 6) is -1.84. The number of hydrogen-bond donors (Lipinski definition) is 1. The topological polar surface area (TPSA) is 98.5 Å². The second-order valence-corrected chi connectivity index (χ2v) is 6.02. The zero-order chi connectivity index (χ0) is 20.4. The summed E-state index contributed by atoms with van der Waals surface area (Å²) in [5.41, 5.74) is -2.27. The zero-order valence-corrected chi connectivity index (χ0v) is 15.1. The first-order chi connectivity index (χ1) is 12.5. The van der Waals surface area contributed by atoms with Gasteiger partial charge in [0.05, 0.1) is 23.2 Å². The molecule has 0 aliphatic carbocycles. The Balaban J connectivity index is 2.40. The maximum absolute atomic E-state index is 12.9. The van der Waals surface area contributed by atoms with Crippen LogP contribution >= 0.6 is 15.9 Å². The van der Waals surface area contributed by atoms with Gasteiger partial charge < -0.3 is 10.1 Å². The van der Waals surface area contributed by atoms with Crippen LogP contribution in [0.3, 0.4) is 0 Å². The number of nitro benzene ring substituents is 1. The molecule has 0 aromatic heterocycles. The van der Waals surface area contributed by atoms with Crippen molar-refractivity contribution < 1.29 is 32.4 Å². The van der Waals surface area contributed by atoms with Crippen LogP contribution in [-0.2, 0) is 10.9 Å². The fourth-order valence-corrected chi connectivity index (χ4v) is 2.58. The number of alkyl halides is 3. The van der Waals surface area contributed by atoms with E-state index in [0.29, 0.717) is 6.07 Å². The standard InChI is InChI=1S/C16H10BrF3N2O5/c1-27-15(24)9-4-8(5-11(6-9)22(25)26)14(23)21-10-2-3-13(17)12(7-10)16(18,19)20/h2-7H,1H3,(H,21,23). The van der Waals surface area contributed by atoms with Crippen LogP contribution in [0.15, 0.2) is 40.9 Å². The molecule has 0 bridgehead atoms. The van der Waals surface area contributed by atoms with Gasteiger partial charge in [-0.2, -0.15) is 13.2 Å². The molecular weight excluding hydrogens is 437 g/mol. The van der Waals surface area contributed by atoms with E-state index in [0.717, 1.165) is 31.4 Å². The van der Waals surface area contributed by atoms with Gasteiger partial charge in [0, 0.05) is 27.9 Å². The Morgan fingerprint density at radius 1 is 1.15 bits per heavy atom. The van der Waals surface area contributed by atoms with Gasteiger partial charge in [0.1, 0.15) is 0 Å². The quantitative estimate of drug-likeness (QED) is 0.425. The molecule has 1 amide bonds. The number of esters is 1. The summed E-state index contributed by atoms with van der Waals surface area (Å²) in [5, 5.41) is 13.2. The second kappa shape index (κ2) is 7.74. The SMILES string of the molecule is COC(=O)c1cc(C(=O)Nc2ccc(Br)c(C(F)(F)F)c2)cc([N+](=O)[O-])c1. The molecule has 27 heavy (non-hydrogen) atoms. The molecule has 1 N–H and O–H groups in total. The molecule has 0 saturated heterocycles. The van der Waals surface area contributed by atoms with Crippen molar-refractivity contribution in [3.63, 3.8) is 0 Å². The summed E-state index contributed by atoms with van der Waals surface area (Å²) in [6.07, 6.45) is -4.65. The first-order valence-electron chi connectivity index (χ1n) is 7.09. The van der Waals surface area contributed by atoms with Crippen LogP contribution in [0, 0.1) is 10.1 Å². The van der Waals surface area contributed by atoms with E-state index in [1.54, 1.807) is 0 Å². The lowest BCUT2D eigenvalue weighted by molar-refractivity contribution is -0.384. The lowest BCUT2D eigenvalue weighted by Gasteiger charge is -2.12. The van der Waals surface area contributed by atoms with Crippen LogP contribution in [-0.4, -0.2) is 23.9 Å². The highest BCUT2D eigenvalue weighted by molar-refractivity contribution is 9.10. The first-order valence-corrected chi connectivity index (χ1v) is 7.88. The van der Waals surface area contributed by atoms with Gasteiger partial charge in [-0.3, -0.25) is 14.9 Å². The highest BCUT2D eigenvalue weighted by Gasteiger charge is 2.33. The van der Waals surface area contributed by atoms with Crippen LogP contribution in [0.4, 0.5) is 24.5 Å². The summed E-state index contributed by atoms with van der Waals surface area (Å²) in [4.78, 5) is 34.1. The molecule has 2 aromatic carbocycles. The fourth-order valence-electron chi connectivity index (χ4n) is 2.11. The molecule has 0 atom stereocenters. The van der Waals surface area contributed by atoms with Gasteiger partial charge in [-0.25, -0.2) is 4.79 Å². The minimum absolute atomic E-state index is 0.179. The van der Waals surface area contributed by atoms with E-state index in [1.165, 1.54) is 6.07 Å². The summed E-state index contributed by atoms with van der Waals surface area (Å²) >= 11 is 2.78. The predicted molar refractivity (Wildman–Crippen MR) is 91.5 cm³/mol. The molecule has 0 aliphatic heterocycles. The van der Waals surface area contributed by atoms with E-state index in [-0.39, 0.29) is 21.3 Å². The predicted octanol–water partition coefficient (Wildman–Crippen LogP) is 4.42. The third-order valence-corrected chi connectivity index (χ3v) is 4.03. The molecular formula is C16H10BrF3N2O5. The minimum Gasteiger partial charge on any atom is -0.465 e. The Morgan fingerprint density at radius 3 is 2.33 bits per heavy atom. The van der Waals surface area contributed by atoms with Crippen molar-refractivity contribution in [3.05, 3.63) is 67.7 Å². The maximum Gasteiger partial charge on any atom is 0.417 e. The summed E-state index contributed by atoms with van der Waals surface area (Å²) in [6, 6.07) is 5.88. The molecule has 0 unspecified atom stereocenters. The van der Waals surface area contributed by atoms with Crippen molar-refractivity contribution in [1.29, 1.82) is 0 Å². The summed E-state index contributed by atoms with van der Waals surface area (Å²) in [6.45, 7) is 0. The highest BCUT2D eigenvalue weighted by Crippen LogP contribution is 2.36. The number of nitrogens with zero attached hydrogens (tertiary/aromatic N) is 1. The number of rotatable bonds is 4. The van der Waals surface area contributed by atoms with Crippen molar-refractivity contribution in [3.8, 4) is 0 Å². The van der Waals surface area contributed by atoms with Crippen molar-refractivity contribution in [2.75, 3.05) is 12.4 Å². The van der Waals surface area contributed by atoms with Gasteiger partial charge in [-0.1, -0.05) is 15.9 Å². The normalized spacial score (nSPS) is 11.0. The van der Waals surface area contributed by atoms with Gasteiger partial charge in [0.25, 0.3) is 11.6 Å². The van der Waals surface area contributed by atoms with Gasteiger partial charge in [-0.05, 0) is 24.3 Å². The number of ether oxygens (including phenoxy) is 1. The number of carbonyl (C=O) groups excluding carboxylic acids is 2. The Morgan fingerprint density at radius 2 is 1.78 bits per heavy atom. The average molecular weight is 447 g/mol. The Bertz CT molecular complexity index is 931. The number of nitro groups is 1. The number of anilines is 1. The van der Waals surface area contributed by atoms with Crippen molar-refractivity contribution in [2.24, 2.45) is 0 Å². The number of methoxy groups -OCH3 is 1. The zero-order valence-electron chi connectivity index (χ0n) is 13.5. The highest BCUT2D eigenvalue weighted by atomic mass is 79.9. The third kappa shape index (κ3) is 4.82. The molecule has 7 nitrogen and oxygen atoms in total. The smallest absolute Gasteiger partial charge is 0.417 e. The fraction of sp³-hybridized carbons (Fsp3) is 0.125. The number of halogens is 4. The molecule has 0 fully saturated rings. The number of carbonyl (C=O) groups is 2. The van der Waals surface area contributed by atoms with E-state index in [9.17, 15) is 32.9 Å². The van der Waals surface area contributed by atoms with E-state index < -0.39 is 34.2 Å². The molecule has 0 heterocycles. The Hall–Kier alpha value is -2.95. The van der Waals surface area contributed by atoms with Gasteiger partial charge >= 0.3 is 12.1 Å². The van der Waals surface area contributed by atoms with E-state index >= 15 is 0 Å². The monoisotopic (exact) mass is 446 g/mol. The Labute approximate surface area is 158 Å². The number of non-ortho nitro benzene ring substituents is 1. The largest absolute Gasteiger partial charge is 0.465 e. The van der Waals surface area contributed by atoms with Crippen LogP contribution in [0.1, 0.15) is 26.3 Å². The van der Waals surface area contributed by atoms with Crippen molar-refractivity contribution in [2.45, 2.75) is 6.18 Å². The molecule has 11 heteroatoms.